The molecule has 29 heavy (non-hydrogen) atoms. The van der Waals surface area contributed by atoms with E-state index in [1.54, 1.807) is 0 Å². The molecule has 1 aromatic carbocycles. The maximum absolute atomic E-state index is 12.4. The zero-order chi connectivity index (χ0) is 21.6. The van der Waals surface area contributed by atoms with Crippen molar-refractivity contribution in [1.82, 2.24) is 9.36 Å². The Hall–Kier alpha value is -2.62. The second-order valence-corrected chi connectivity index (χ2v) is 9.74. The summed E-state index contributed by atoms with van der Waals surface area (Å²) in [5, 5.41) is 13.0. The molecule has 0 saturated carbocycles. The molecule has 1 heterocycles. The van der Waals surface area contributed by atoms with Crippen LogP contribution in [-0.2, 0) is 14.9 Å². The molecule has 0 spiro atoms. The molecule has 0 bridgehead atoms. The van der Waals surface area contributed by atoms with Gasteiger partial charge in [-0.2, -0.15) is 23.0 Å². The second-order valence-electron chi connectivity index (χ2n) is 5.87. The van der Waals surface area contributed by atoms with E-state index in [1.165, 1.54) is 43.1 Å². The number of thioether (sulfide) groups is 1. The summed E-state index contributed by atoms with van der Waals surface area (Å²) in [6, 6.07) is 6.15. The molecular weight excluding hydrogens is 436 g/mol. The molecule has 154 valence electrons. The highest BCUT2D eigenvalue weighted by atomic mass is 32.2. The first-order chi connectivity index (χ1) is 13.6. The lowest BCUT2D eigenvalue weighted by Crippen LogP contribution is -2.13. The van der Waals surface area contributed by atoms with E-state index in [0.717, 1.165) is 17.8 Å². The Labute approximate surface area is 177 Å². The number of carbonyl (C=O) groups excluding carboxylic acids is 1. The van der Waals surface area contributed by atoms with Crippen molar-refractivity contribution in [2.75, 3.05) is 18.7 Å². The highest BCUT2D eigenvalue weighted by Gasteiger charge is 2.15. The van der Waals surface area contributed by atoms with Crippen molar-refractivity contribution in [3.8, 4) is 17.6 Å². The number of aromatic nitrogens is 2. The Morgan fingerprint density at radius 1 is 1.38 bits per heavy atom. The molecule has 1 aromatic heterocycles. The topological polar surface area (TPSA) is 131 Å². The number of carbonyl (C=O) groups is 1. The fourth-order valence-electron chi connectivity index (χ4n) is 2.01. The summed E-state index contributed by atoms with van der Waals surface area (Å²) in [4.78, 5) is 16.6. The van der Waals surface area contributed by atoms with Crippen molar-refractivity contribution in [2.45, 2.75) is 24.3 Å². The van der Waals surface area contributed by atoms with Crippen LogP contribution in [0.3, 0.4) is 0 Å². The van der Waals surface area contributed by atoms with Crippen LogP contribution in [0.1, 0.15) is 19.4 Å². The highest BCUT2D eigenvalue weighted by Crippen LogP contribution is 2.30. The summed E-state index contributed by atoms with van der Waals surface area (Å²) < 4.78 is 36.7. The van der Waals surface area contributed by atoms with Gasteiger partial charge in [0, 0.05) is 16.8 Å². The molecule has 1 N–H and O–H groups in total. The van der Waals surface area contributed by atoms with Gasteiger partial charge in [-0.3, -0.25) is 10.1 Å². The fourth-order valence-corrected chi connectivity index (χ4v) is 3.85. The largest absolute Gasteiger partial charge is 0.493 e. The number of hydrogen-bond donors (Lipinski definition) is 1. The average molecular weight is 455 g/mol. The number of ether oxygens (including phenoxy) is 1. The van der Waals surface area contributed by atoms with Gasteiger partial charge in [-0.25, -0.2) is 0 Å². The van der Waals surface area contributed by atoms with Gasteiger partial charge in [-0.05, 0) is 23.8 Å². The van der Waals surface area contributed by atoms with Crippen LogP contribution in [-0.4, -0.2) is 42.3 Å². The Morgan fingerprint density at radius 2 is 2.10 bits per heavy atom. The van der Waals surface area contributed by atoms with E-state index in [2.05, 4.69) is 14.7 Å². The molecule has 0 radical (unpaired) electrons. The first-order valence-corrected chi connectivity index (χ1v) is 11.6. The SMILES string of the molecule is COc1cc(C=C(C#N)C(=O)Nc2nc(SC(C)C)ns2)ccc1OS(C)(=O)=O. The molecule has 0 aliphatic heterocycles. The van der Waals surface area contributed by atoms with Crippen LogP contribution in [0.4, 0.5) is 5.13 Å². The van der Waals surface area contributed by atoms with Crippen molar-refractivity contribution in [3.05, 3.63) is 29.3 Å². The number of anilines is 1. The van der Waals surface area contributed by atoms with Crippen molar-refractivity contribution in [3.63, 3.8) is 0 Å². The number of hydrogen-bond acceptors (Lipinski definition) is 10. The predicted molar refractivity (Wildman–Crippen MR) is 112 cm³/mol. The number of benzene rings is 1. The van der Waals surface area contributed by atoms with E-state index in [9.17, 15) is 18.5 Å². The van der Waals surface area contributed by atoms with Gasteiger partial charge >= 0.3 is 10.1 Å². The minimum Gasteiger partial charge on any atom is -0.493 e. The van der Waals surface area contributed by atoms with Crippen molar-refractivity contribution in [1.29, 1.82) is 5.26 Å². The van der Waals surface area contributed by atoms with Gasteiger partial charge in [0.2, 0.25) is 10.3 Å². The van der Waals surface area contributed by atoms with Crippen LogP contribution in [0.2, 0.25) is 0 Å². The summed E-state index contributed by atoms with van der Waals surface area (Å²) in [6.07, 6.45) is 2.25. The molecular formula is C17H18N4O5S3. The van der Waals surface area contributed by atoms with Crippen LogP contribution < -0.4 is 14.2 Å². The molecule has 1 amide bonds. The van der Waals surface area contributed by atoms with Crippen molar-refractivity contribution >= 4 is 50.5 Å². The van der Waals surface area contributed by atoms with E-state index < -0.39 is 16.0 Å². The Kier molecular flexibility index (Phi) is 7.60. The summed E-state index contributed by atoms with van der Waals surface area (Å²) in [5.41, 5.74) is 0.278. The minimum absolute atomic E-state index is 0.000786. The maximum Gasteiger partial charge on any atom is 0.306 e. The number of methoxy groups -OCH3 is 1. The lowest BCUT2D eigenvalue weighted by molar-refractivity contribution is -0.112. The van der Waals surface area contributed by atoms with Gasteiger partial charge in [0.25, 0.3) is 5.91 Å². The van der Waals surface area contributed by atoms with E-state index >= 15 is 0 Å². The molecule has 0 saturated heterocycles. The molecule has 2 rings (SSSR count). The number of nitrogens with zero attached hydrogens (tertiary/aromatic N) is 3. The standard InChI is InChI=1S/C17H18N4O5S3/c1-10(2)27-17-20-16(28-21-17)19-15(22)12(9-18)7-11-5-6-13(14(8-11)25-3)26-29(4,23)24/h5-8,10H,1-4H3,(H,19,20,21,22). The van der Waals surface area contributed by atoms with Crippen LogP contribution in [0.15, 0.2) is 28.9 Å². The van der Waals surface area contributed by atoms with Crippen molar-refractivity contribution < 1.29 is 22.1 Å². The minimum atomic E-state index is -3.73. The molecule has 2 aromatic rings. The van der Waals surface area contributed by atoms with Crippen LogP contribution >= 0.6 is 23.3 Å². The summed E-state index contributed by atoms with van der Waals surface area (Å²) in [7, 11) is -2.38. The number of nitrogens with one attached hydrogen (secondary N) is 1. The van der Waals surface area contributed by atoms with Gasteiger partial charge in [0.1, 0.15) is 11.6 Å². The number of amides is 1. The third-order valence-electron chi connectivity index (χ3n) is 3.07. The Morgan fingerprint density at radius 3 is 2.69 bits per heavy atom. The van der Waals surface area contributed by atoms with Gasteiger partial charge in [-0.1, -0.05) is 31.7 Å². The van der Waals surface area contributed by atoms with Gasteiger partial charge in [-0.15, -0.1) is 0 Å². The quantitative estimate of drug-likeness (QED) is 0.277. The highest BCUT2D eigenvalue weighted by molar-refractivity contribution is 7.99. The van der Waals surface area contributed by atoms with E-state index in [4.69, 9.17) is 8.92 Å². The van der Waals surface area contributed by atoms with E-state index in [0.29, 0.717) is 16.0 Å². The third-order valence-corrected chi connectivity index (χ3v) is 5.17. The Balaban J connectivity index is 2.21. The third kappa shape index (κ3) is 7.04. The molecule has 0 fully saturated rings. The lowest BCUT2D eigenvalue weighted by atomic mass is 10.1. The molecule has 0 aliphatic rings. The van der Waals surface area contributed by atoms with Crippen LogP contribution in [0, 0.1) is 11.3 Å². The Bertz CT molecular complexity index is 1070. The van der Waals surface area contributed by atoms with Crippen LogP contribution in [0.5, 0.6) is 11.5 Å². The first-order valence-electron chi connectivity index (χ1n) is 8.12. The first kappa shape index (κ1) is 22.7. The second kappa shape index (κ2) is 9.73. The summed E-state index contributed by atoms with van der Waals surface area (Å²) >= 11 is 2.48. The predicted octanol–water partition coefficient (Wildman–Crippen LogP) is 2.93. The zero-order valence-electron chi connectivity index (χ0n) is 16.0. The lowest BCUT2D eigenvalue weighted by Gasteiger charge is -2.09. The molecule has 0 aliphatic carbocycles. The van der Waals surface area contributed by atoms with E-state index in [1.807, 2.05) is 19.9 Å². The zero-order valence-corrected chi connectivity index (χ0v) is 18.4. The fraction of sp³-hybridized carbons (Fsp3) is 0.294. The monoisotopic (exact) mass is 454 g/mol. The number of rotatable bonds is 8. The molecule has 0 atom stereocenters. The summed E-state index contributed by atoms with van der Waals surface area (Å²) in [5.74, 6) is -0.499. The normalized spacial score (nSPS) is 11.8. The molecule has 12 heteroatoms. The maximum atomic E-state index is 12.4. The van der Waals surface area contributed by atoms with Crippen LogP contribution in [0.25, 0.3) is 6.08 Å². The smallest absolute Gasteiger partial charge is 0.306 e. The van der Waals surface area contributed by atoms with Gasteiger partial charge in [0.05, 0.1) is 13.4 Å². The molecule has 9 nitrogen and oxygen atoms in total. The number of nitriles is 1. The van der Waals surface area contributed by atoms with Crippen molar-refractivity contribution in [2.24, 2.45) is 0 Å². The summed E-state index contributed by atoms with van der Waals surface area (Å²) in [6.45, 7) is 4.00. The van der Waals surface area contributed by atoms with E-state index in [-0.39, 0.29) is 22.2 Å². The van der Waals surface area contributed by atoms with Gasteiger partial charge < -0.3 is 8.92 Å². The van der Waals surface area contributed by atoms with Gasteiger partial charge in [0.15, 0.2) is 11.5 Å². The average Bonchev–Trinajstić information content (AvgIpc) is 3.05. The molecule has 0 unspecified atom stereocenters.